The van der Waals surface area contributed by atoms with Gasteiger partial charge in [-0.25, -0.2) is 4.39 Å². The van der Waals surface area contributed by atoms with Gasteiger partial charge in [0.1, 0.15) is 11.5 Å². The highest BCUT2D eigenvalue weighted by Gasteiger charge is 2.22. The van der Waals surface area contributed by atoms with Crippen molar-refractivity contribution in [2.75, 3.05) is 0 Å². The summed E-state index contributed by atoms with van der Waals surface area (Å²) in [6, 6.07) is 18.8. The molecule has 0 aliphatic carbocycles. The van der Waals surface area contributed by atoms with Gasteiger partial charge in [0.15, 0.2) is 0 Å². The Hall–Kier alpha value is -3.18. The van der Waals surface area contributed by atoms with Crippen molar-refractivity contribution in [1.82, 2.24) is 15.3 Å². The number of hydrogen-bond acceptors (Lipinski definition) is 2. The van der Waals surface area contributed by atoms with Crippen LogP contribution in [-0.4, -0.2) is 15.9 Å². The van der Waals surface area contributed by atoms with E-state index in [9.17, 15) is 9.18 Å². The highest BCUT2D eigenvalue weighted by molar-refractivity contribution is 6.38. The Morgan fingerprint density at radius 1 is 1.07 bits per heavy atom. The number of rotatable bonds is 4. The van der Waals surface area contributed by atoms with Crippen molar-refractivity contribution in [1.29, 1.82) is 0 Å². The van der Waals surface area contributed by atoms with E-state index in [1.165, 1.54) is 12.1 Å². The van der Waals surface area contributed by atoms with Gasteiger partial charge in [0.25, 0.3) is 5.91 Å². The van der Waals surface area contributed by atoms with E-state index in [1.807, 2.05) is 48.5 Å². The van der Waals surface area contributed by atoms with Gasteiger partial charge in [-0.1, -0.05) is 48.0 Å². The maximum atomic E-state index is 13.5. The number of pyridine rings is 1. The maximum Gasteiger partial charge on any atom is 0.270 e. The van der Waals surface area contributed by atoms with Gasteiger partial charge in [0.2, 0.25) is 0 Å². The van der Waals surface area contributed by atoms with E-state index in [4.69, 9.17) is 11.6 Å². The number of benzene rings is 2. The van der Waals surface area contributed by atoms with Crippen molar-refractivity contribution in [2.45, 2.75) is 6.04 Å². The highest BCUT2D eigenvalue weighted by atomic mass is 35.5. The van der Waals surface area contributed by atoms with Crippen LogP contribution >= 0.6 is 11.6 Å². The van der Waals surface area contributed by atoms with Crippen LogP contribution < -0.4 is 5.32 Å². The zero-order chi connectivity index (χ0) is 18.8. The smallest absolute Gasteiger partial charge is 0.270 e. The van der Waals surface area contributed by atoms with Crippen LogP contribution in [0.4, 0.5) is 4.39 Å². The monoisotopic (exact) mass is 379 g/mol. The van der Waals surface area contributed by atoms with Crippen molar-refractivity contribution in [3.05, 3.63) is 101 Å². The van der Waals surface area contributed by atoms with Gasteiger partial charge < -0.3 is 10.3 Å². The molecule has 1 amide bonds. The van der Waals surface area contributed by atoms with Crippen molar-refractivity contribution in [3.8, 4) is 0 Å². The molecule has 0 fully saturated rings. The molecule has 0 unspecified atom stereocenters. The van der Waals surface area contributed by atoms with Gasteiger partial charge in [0.05, 0.1) is 16.8 Å². The van der Waals surface area contributed by atoms with Gasteiger partial charge in [-0.15, -0.1) is 0 Å². The minimum Gasteiger partial charge on any atom is -0.349 e. The third-order valence-corrected chi connectivity index (χ3v) is 4.71. The molecule has 4 nitrogen and oxygen atoms in total. The summed E-state index contributed by atoms with van der Waals surface area (Å²) in [6.45, 7) is 0. The number of carbonyl (C=O) groups is 1. The normalized spacial score (nSPS) is 12.1. The van der Waals surface area contributed by atoms with E-state index in [1.54, 1.807) is 12.3 Å². The number of aromatic nitrogens is 2. The molecule has 0 aliphatic rings. The standard InChI is InChI=1S/C21H15ClFN3O/c22-18-15-12-14(23)9-10-16(15)25-20(18)21(27)26-19(13-6-2-1-3-7-13)17-8-4-5-11-24-17/h1-12,19,25H,(H,26,27)/t19-/m0/s1. The second-order valence-corrected chi connectivity index (χ2v) is 6.45. The van der Waals surface area contributed by atoms with E-state index in [0.29, 0.717) is 16.6 Å². The predicted molar refractivity (Wildman–Crippen MR) is 103 cm³/mol. The molecule has 0 aliphatic heterocycles. The first-order valence-corrected chi connectivity index (χ1v) is 8.75. The maximum absolute atomic E-state index is 13.5. The molecule has 4 aromatic rings. The molecular weight excluding hydrogens is 365 g/mol. The molecule has 134 valence electrons. The summed E-state index contributed by atoms with van der Waals surface area (Å²) in [4.78, 5) is 20.3. The van der Waals surface area contributed by atoms with Gasteiger partial charge in [-0.3, -0.25) is 9.78 Å². The van der Waals surface area contributed by atoms with E-state index >= 15 is 0 Å². The van der Waals surface area contributed by atoms with Crippen molar-refractivity contribution in [3.63, 3.8) is 0 Å². The lowest BCUT2D eigenvalue weighted by molar-refractivity contribution is 0.0938. The predicted octanol–water partition coefficient (Wildman–Crippen LogP) is 4.87. The quantitative estimate of drug-likeness (QED) is 0.531. The fourth-order valence-electron chi connectivity index (χ4n) is 3.01. The summed E-state index contributed by atoms with van der Waals surface area (Å²) in [5.74, 6) is -0.804. The lowest BCUT2D eigenvalue weighted by Gasteiger charge is -2.18. The van der Waals surface area contributed by atoms with E-state index in [2.05, 4.69) is 15.3 Å². The SMILES string of the molecule is O=C(N[C@@H](c1ccccc1)c1ccccn1)c1[nH]c2ccc(F)cc2c1Cl. The van der Waals surface area contributed by atoms with E-state index < -0.39 is 17.8 Å². The molecule has 0 saturated heterocycles. The Balaban J connectivity index is 1.71. The van der Waals surface area contributed by atoms with E-state index in [-0.39, 0.29) is 10.7 Å². The number of nitrogens with one attached hydrogen (secondary N) is 2. The first-order chi connectivity index (χ1) is 13.1. The Bertz CT molecular complexity index is 1060. The Morgan fingerprint density at radius 3 is 2.59 bits per heavy atom. The Kier molecular flexibility index (Phi) is 4.60. The number of hydrogen-bond donors (Lipinski definition) is 2. The molecule has 1 atom stereocenters. The zero-order valence-corrected chi connectivity index (χ0v) is 14.9. The minimum atomic E-state index is -0.445. The van der Waals surface area contributed by atoms with Crippen molar-refractivity contribution in [2.24, 2.45) is 0 Å². The van der Waals surface area contributed by atoms with Crippen LogP contribution in [0.1, 0.15) is 27.8 Å². The second-order valence-electron chi connectivity index (χ2n) is 6.08. The summed E-state index contributed by atoms with van der Waals surface area (Å²) < 4.78 is 13.5. The Labute approximate surface area is 160 Å². The number of amides is 1. The average Bonchev–Trinajstić information content (AvgIpc) is 3.03. The van der Waals surface area contributed by atoms with Crippen LogP contribution in [0.5, 0.6) is 0 Å². The van der Waals surface area contributed by atoms with Gasteiger partial charge in [-0.2, -0.15) is 0 Å². The molecule has 2 aromatic heterocycles. The van der Waals surface area contributed by atoms with Gasteiger partial charge in [0, 0.05) is 17.1 Å². The topological polar surface area (TPSA) is 57.8 Å². The molecule has 2 N–H and O–H groups in total. The fraction of sp³-hybridized carbons (Fsp3) is 0.0476. The van der Waals surface area contributed by atoms with Crippen molar-refractivity contribution < 1.29 is 9.18 Å². The summed E-state index contributed by atoms with van der Waals surface area (Å²) in [7, 11) is 0. The molecule has 0 radical (unpaired) electrons. The van der Waals surface area contributed by atoms with Gasteiger partial charge >= 0.3 is 0 Å². The molecule has 0 saturated carbocycles. The summed E-state index contributed by atoms with van der Waals surface area (Å²) >= 11 is 6.33. The number of halogens is 2. The number of aromatic amines is 1. The molecule has 6 heteroatoms. The van der Waals surface area contributed by atoms with Crippen molar-refractivity contribution >= 4 is 28.4 Å². The molecule has 0 bridgehead atoms. The molecular formula is C21H15ClFN3O. The Morgan fingerprint density at radius 2 is 1.85 bits per heavy atom. The third-order valence-electron chi connectivity index (χ3n) is 4.32. The summed E-state index contributed by atoms with van der Waals surface area (Å²) in [6.07, 6.45) is 1.68. The first kappa shape index (κ1) is 17.2. The van der Waals surface area contributed by atoms with Gasteiger partial charge in [-0.05, 0) is 35.9 Å². The molecule has 2 aromatic carbocycles. The summed E-state index contributed by atoms with van der Waals surface area (Å²) in [5.41, 5.74) is 2.38. The van der Waals surface area contributed by atoms with Crippen LogP contribution in [0.3, 0.4) is 0 Å². The second kappa shape index (κ2) is 7.21. The number of fused-ring (bicyclic) bond motifs is 1. The van der Waals surface area contributed by atoms with Crippen LogP contribution in [-0.2, 0) is 0 Å². The number of H-pyrrole nitrogens is 1. The van der Waals surface area contributed by atoms with Crippen LogP contribution in [0.25, 0.3) is 10.9 Å². The highest BCUT2D eigenvalue weighted by Crippen LogP contribution is 2.29. The van der Waals surface area contributed by atoms with Crippen LogP contribution in [0.15, 0.2) is 72.9 Å². The first-order valence-electron chi connectivity index (χ1n) is 8.37. The zero-order valence-electron chi connectivity index (χ0n) is 14.1. The fourth-order valence-corrected chi connectivity index (χ4v) is 3.30. The number of nitrogens with zero attached hydrogens (tertiary/aromatic N) is 1. The van der Waals surface area contributed by atoms with Crippen LogP contribution in [0, 0.1) is 5.82 Å². The molecule has 27 heavy (non-hydrogen) atoms. The molecule has 4 rings (SSSR count). The van der Waals surface area contributed by atoms with Crippen LogP contribution in [0.2, 0.25) is 5.02 Å². The average molecular weight is 380 g/mol. The summed E-state index contributed by atoms with van der Waals surface area (Å²) in [5, 5.41) is 3.63. The minimum absolute atomic E-state index is 0.189. The van der Waals surface area contributed by atoms with E-state index in [0.717, 1.165) is 5.56 Å². The molecule has 0 spiro atoms. The number of carbonyl (C=O) groups excluding carboxylic acids is 1. The molecule has 2 heterocycles. The third kappa shape index (κ3) is 3.41. The lowest BCUT2D eigenvalue weighted by Crippen LogP contribution is -2.30. The lowest BCUT2D eigenvalue weighted by atomic mass is 10.0. The largest absolute Gasteiger partial charge is 0.349 e.